The van der Waals surface area contributed by atoms with Gasteiger partial charge < -0.3 is 14.6 Å². The Kier molecular flexibility index (Phi) is 3.69. The molecule has 1 aromatic carbocycles. The molecule has 0 bridgehead atoms. The van der Waals surface area contributed by atoms with Crippen LogP contribution in [0.4, 0.5) is 0 Å². The van der Waals surface area contributed by atoms with Gasteiger partial charge in [-0.2, -0.15) is 0 Å². The average Bonchev–Trinajstić information content (AvgIpc) is 2.88. The van der Waals surface area contributed by atoms with E-state index >= 15 is 0 Å². The second-order valence-corrected chi connectivity index (χ2v) is 4.65. The van der Waals surface area contributed by atoms with E-state index in [-0.39, 0.29) is 0 Å². The van der Waals surface area contributed by atoms with Crippen LogP contribution in [0.5, 0.6) is 5.75 Å². The first kappa shape index (κ1) is 12.4. The van der Waals surface area contributed by atoms with Crippen molar-refractivity contribution < 1.29 is 14.6 Å². The van der Waals surface area contributed by atoms with E-state index in [1.807, 2.05) is 24.3 Å². The van der Waals surface area contributed by atoms with Gasteiger partial charge in [0.15, 0.2) is 0 Å². The molecule has 1 aliphatic carbocycles. The Morgan fingerprint density at radius 1 is 1.12 bits per heavy atom. The predicted molar refractivity (Wildman–Crippen MR) is 66.2 cm³/mol. The summed E-state index contributed by atoms with van der Waals surface area (Å²) in [6.45, 7) is 0. The van der Waals surface area contributed by atoms with Crippen molar-refractivity contribution in [2.24, 2.45) is 0 Å². The van der Waals surface area contributed by atoms with E-state index in [4.69, 9.17) is 9.47 Å². The van der Waals surface area contributed by atoms with Gasteiger partial charge in [0.2, 0.25) is 0 Å². The van der Waals surface area contributed by atoms with Crippen molar-refractivity contribution in [2.75, 3.05) is 14.2 Å². The molecule has 0 heterocycles. The van der Waals surface area contributed by atoms with Crippen LogP contribution >= 0.6 is 0 Å². The van der Waals surface area contributed by atoms with Gasteiger partial charge in [-0.05, 0) is 30.5 Å². The number of ether oxygens (including phenoxy) is 2. The van der Waals surface area contributed by atoms with E-state index in [1.165, 1.54) is 0 Å². The van der Waals surface area contributed by atoms with Gasteiger partial charge in [-0.3, -0.25) is 0 Å². The standard InChI is InChI=1S/C14H20O3/c1-16-12-7-5-11(6-8-12)13(15)14(17-2)9-3-4-10-14/h5-8,13,15H,3-4,9-10H2,1-2H3. The van der Waals surface area contributed by atoms with Gasteiger partial charge in [-0.25, -0.2) is 0 Å². The van der Waals surface area contributed by atoms with Crippen molar-refractivity contribution in [1.29, 1.82) is 0 Å². The van der Waals surface area contributed by atoms with Crippen LogP contribution in [0.25, 0.3) is 0 Å². The van der Waals surface area contributed by atoms with E-state index in [1.54, 1.807) is 14.2 Å². The normalized spacial score (nSPS) is 20.2. The molecule has 0 amide bonds. The van der Waals surface area contributed by atoms with Crippen LogP contribution in [0.1, 0.15) is 37.4 Å². The quantitative estimate of drug-likeness (QED) is 0.873. The fourth-order valence-corrected chi connectivity index (χ4v) is 2.65. The van der Waals surface area contributed by atoms with Crippen LogP contribution in [-0.4, -0.2) is 24.9 Å². The lowest BCUT2D eigenvalue weighted by Crippen LogP contribution is -2.35. The van der Waals surface area contributed by atoms with Crippen molar-refractivity contribution in [3.8, 4) is 5.75 Å². The smallest absolute Gasteiger partial charge is 0.118 e. The molecule has 1 aliphatic rings. The van der Waals surface area contributed by atoms with Crippen LogP contribution in [0.2, 0.25) is 0 Å². The van der Waals surface area contributed by atoms with Crippen LogP contribution < -0.4 is 4.74 Å². The number of aliphatic hydroxyl groups excluding tert-OH is 1. The molecular formula is C14H20O3. The zero-order chi connectivity index (χ0) is 12.3. The van der Waals surface area contributed by atoms with Crippen LogP contribution in [0.3, 0.4) is 0 Å². The predicted octanol–water partition coefficient (Wildman–Crippen LogP) is 2.69. The van der Waals surface area contributed by atoms with E-state index in [9.17, 15) is 5.11 Å². The summed E-state index contributed by atoms with van der Waals surface area (Å²) in [6.07, 6.45) is 3.55. The maximum atomic E-state index is 10.5. The van der Waals surface area contributed by atoms with Gasteiger partial charge in [0.25, 0.3) is 0 Å². The molecule has 1 fully saturated rings. The van der Waals surface area contributed by atoms with Crippen LogP contribution in [0.15, 0.2) is 24.3 Å². The largest absolute Gasteiger partial charge is 0.497 e. The summed E-state index contributed by atoms with van der Waals surface area (Å²) in [5.41, 5.74) is 0.503. The van der Waals surface area contributed by atoms with Crippen molar-refractivity contribution in [2.45, 2.75) is 37.4 Å². The van der Waals surface area contributed by atoms with Gasteiger partial charge in [0, 0.05) is 7.11 Å². The summed E-state index contributed by atoms with van der Waals surface area (Å²) in [4.78, 5) is 0. The number of methoxy groups -OCH3 is 2. The molecule has 3 nitrogen and oxygen atoms in total. The molecule has 17 heavy (non-hydrogen) atoms. The second kappa shape index (κ2) is 5.07. The first-order valence-corrected chi connectivity index (χ1v) is 6.09. The fraction of sp³-hybridized carbons (Fsp3) is 0.571. The molecule has 1 saturated carbocycles. The molecule has 1 N–H and O–H groups in total. The molecule has 1 atom stereocenters. The van der Waals surface area contributed by atoms with E-state index in [0.29, 0.717) is 0 Å². The van der Waals surface area contributed by atoms with Gasteiger partial charge >= 0.3 is 0 Å². The summed E-state index contributed by atoms with van der Waals surface area (Å²) in [5.74, 6) is 0.804. The Bertz CT molecular complexity index is 352. The van der Waals surface area contributed by atoms with Crippen LogP contribution in [-0.2, 0) is 4.74 Å². The average molecular weight is 236 g/mol. The first-order valence-electron chi connectivity index (χ1n) is 6.09. The Balaban J connectivity index is 2.19. The summed E-state index contributed by atoms with van der Waals surface area (Å²) in [6, 6.07) is 7.55. The minimum absolute atomic E-state index is 0.394. The van der Waals surface area contributed by atoms with Crippen molar-refractivity contribution in [3.05, 3.63) is 29.8 Å². The molecule has 0 saturated heterocycles. The third-order valence-corrected chi connectivity index (χ3v) is 3.79. The molecule has 0 aliphatic heterocycles. The minimum Gasteiger partial charge on any atom is -0.497 e. The van der Waals surface area contributed by atoms with Gasteiger partial charge in [0.05, 0.1) is 12.7 Å². The van der Waals surface area contributed by atoms with Crippen molar-refractivity contribution in [3.63, 3.8) is 0 Å². The molecule has 1 unspecified atom stereocenters. The van der Waals surface area contributed by atoms with Crippen molar-refractivity contribution in [1.82, 2.24) is 0 Å². The lowest BCUT2D eigenvalue weighted by atomic mass is 9.89. The van der Waals surface area contributed by atoms with Crippen LogP contribution in [0, 0.1) is 0 Å². The van der Waals surface area contributed by atoms with Gasteiger partial charge in [-0.15, -0.1) is 0 Å². The topological polar surface area (TPSA) is 38.7 Å². The lowest BCUT2D eigenvalue weighted by Gasteiger charge is -2.33. The number of rotatable bonds is 4. The maximum absolute atomic E-state index is 10.5. The monoisotopic (exact) mass is 236 g/mol. The lowest BCUT2D eigenvalue weighted by molar-refractivity contribution is -0.100. The minimum atomic E-state index is -0.555. The molecule has 94 valence electrons. The molecular weight excluding hydrogens is 216 g/mol. The molecule has 0 spiro atoms. The molecule has 3 heteroatoms. The number of benzene rings is 1. The van der Waals surface area contributed by atoms with Crippen molar-refractivity contribution >= 4 is 0 Å². The molecule has 1 aromatic rings. The number of hydrogen-bond donors (Lipinski definition) is 1. The van der Waals surface area contributed by atoms with Gasteiger partial charge in [0.1, 0.15) is 11.9 Å². The van der Waals surface area contributed by atoms with Gasteiger partial charge in [-0.1, -0.05) is 25.0 Å². The highest BCUT2D eigenvalue weighted by Crippen LogP contribution is 2.42. The fourth-order valence-electron chi connectivity index (χ4n) is 2.65. The number of aliphatic hydroxyl groups is 1. The maximum Gasteiger partial charge on any atom is 0.118 e. The SMILES string of the molecule is COc1ccc(C(O)C2(OC)CCCC2)cc1. The Labute approximate surface area is 102 Å². The third-order valence-electron chi connectivity index (χ3n) is 3.79. The third kappa shape index (κ3) is 2.31. The Hall–Kier alpha value is -1.06. The highest BCUT2D eigenvalue weighted by atomic mass is 16.5. The zero-order valence-corrected chi connectivity index (χ0v) is 10.5. The molecule has 0 aromatic heterocycles. The highest BCUT2D eigenvalue weighted by molar-refractivity contribution is 5.30. The Morgan fingerprint density at radius 2 is 1.71 bits per heavy atom. The highest BCUT2D eigenvalue weighted by Gasteiger charge is 2.41. The van der Waals surface area contributed by atoms with E-state index < -0.39 is 11.7 Å². The summed E-state index contributed by atoms with van der Waals surface area (Å²) in [7, 11) is 3.33. The Morgan fingerprint density at radius 3 is 2.18 bits per heavy atom. The second-order valence-electron chi connectivity index (χ2n) is 4.65. The first-order chi connectivity index (χ1) is 8.22. The number of hydrogen-bond acceptors (Lipinski definition) is 3. The summed E-state index contributed by atoms with van der Waals surface area (Å²) in [5, 5.41) is 10.5. The van der Waals surface area contributed by atoms with E-state index in [0.717, 1.165) is 37.0 Å². The summed E-state index contributed by atoms with van der Waals surface area (Å²) < 4.78 is 10.7. The van der Waals surface area contributed by atoms with E-state index in [2.05, 4.69) is 0 Å². The summed E-state index contributed by atoms with van der Waals surface area (Å²) >= 11 is 0. The zero-order valence-electron chi connectivity index (χ0n) is 10.5. The molecule has 0 radical (unpaired) electrons. The molecule has 2 rings (SSSR count).